The van der Waals surface area contributed by atoms with Crippen molar-refractivity contribution in [2.45, 2.75) is 44.7 Å². The Balaban J connectivity index is 2.06. The van der Waals surface area contributed by atoms with E-state index in [1.807, 2.05) is 6.07 Å². The molecule has 1 aromatic heterocycles. The maximum atomic E-state index is 5.72. The number of hydrogen-bond donors (Lipinski definition) is 1. The predicted molar refractivity (Wildman–Crippen MR) is 78.5 cm³/mol. The van der Waals surface area contributed by atoms with Gasteiger partial charge in [0.15, 0.2) is 0 Å². The molecule has 18 heavy (non-hydrogen) atoms. The van der Waals surface area contributed by atoms with Gasteiger partial charge in [0, 0.05) is 18.8 Å². The Bertz CT molecular complexity index is 413. The van der Waals surface area contributed by atoms with Crippen molar-refractivity contribution in [3.63, 3.8) is 0 Å². The maximum absolute atomic E-state index is 5.72. The Morgan fingerprint density at radius 1 is 1.44 bits per heavy atom. The van der Waals surface area contributed by atoms with Gasteiger partial charge in [-0.15, -0.1) is 0 Å². The molecule has 0 atom stereocenters. The molecule has 1 saturated carbocycles. The number of aromatic nitrogens is 1. The van der Waals surface area contributed by atoms with Crippen LogP contribution in [-0.4, -0.2) is 28.0 Å². The molecule has 0 unspecified atom stereocenters. The smallest absolute Gasteiger partial charge is 0.123 e. The van der Waals surface area contributed by atoms with E-state index in [2.05, 4.69) is 23.0 Å². The van der Waals surface area contributed by atoms with Gasteiger partial charge in [-0.1, -0.05) is 37.5 Å². The number of nitrogens with two attached hydrogens (primary N) is 1. The zero-order valence-corrected chi connectivity index (χ0v) is 11.7. The molecule has 0 aliphatic heterocycles. The number of nitrogens with zero attached hydrogens (tertiary/aromatic N) is 2. The van der Waals surface area contributed by atoms with Gasteiger partial charge in [-0.3, -0.25) is 9.88 Å². The lowest BCUT2D eigenvalue weighted by Crippen LogP contribution is -2.33. The molecule has 0 amide bonds. The van der Waals surface area contributed by atoms with Gasteiger partial charge in [0.2, 0.25) is 0 Å². The van der Waals surface area contributed by atoms with Crippen LogP contribution in [0.1, 0.15) is 43.4 Å². The SMILES string of the molecule is CN(Cc1cccnc1C(N)=S)C1CCCCC1. The number of pyridine rings is 1. The largest absolute Gasteiger partial charge is 0.388 e. The summed E-state index contributed by atoms with van der Waals surface area (Å²) >= 11 is 5.06. The lowest BCUT2D eigenvalue weighted by Gasteiger charge is -2.31. The van der Waals surface area contributed by atoms with Crippen LogP contribution in [0.25, 0.3) is 0 Å². The highest BCUT2D eigenvalue weighted by molar-refractivity contribution is 7.80. The van der Waals surface area contributed by atoms with Gasteiger partial charge < -0.3 is 5.73 Å². The van der Waals surface area contributed by atoms with Crippen LogP contribution in [0.2, 0.25) is 0 Å². The molecular formula is C14H21N3S. The van der Waals surface area contributed by atoms with Gasteiger partial charge in [-0.25, -0.2) is 0 Å². The average molecular weight is 263 g/mol. The second kappa shape index (κ2) is 6.25. The predicted octanol–water partition coefficient (Wildman–Crippen LogP) is 2.48. The van der Waals surface area contributed by atoms with E-state index in [9.17, 15) is 0 Å². The second-order valence-electron chi connectivity index (χ2n) is 5.08. The topological polar surface area (TPSA) is 42.2 Å². The van der Waals surface area contributed by atoms with Crippen molar-refractivity contribution in [2.24, 2.45) is 5.73 Å². The first-order valence-electron chi connectivity index (χ1n) is 6.62. The normalized spacial score (nSPS) is 17.0. The minimum absolute atomic E-state index is 0.391. The third-order valence-corrected chi connectivity index (χ3v) is 3.94. The van der Waals surface area contributed by atoms with Gasteiger partial charge in [-0.2, -0.15) is 0 Å². The number of rotatable bonds is 4. The van der Waals surface area contributed by atoms with Crippen molar-refractivity contribution in [3.8, 4) is 0 Å². The standard InChI is InChI=1S/C14H21N3S/c1-17(12-7-3-2-4-8-12)10-11-6-5-9-16-13(11)14(15)18/h5-6,9,12H,2-4,7-8,10H2,1H3,(H2,15,18). The van der Waals surface area contributed by atoms with E-state index in [1.165, 1.54) is 32.1 Å². The molecule has 0 spiro atoms. The molecule has 1 aliphatic carbocycles. The van der Waals surface area contributed by atoms with E-state index in [1.54, 1.807) is 6.20 Å². The molecule has 2 N–H and O–H groups in total. The molecule has 2 rings (SSSR count). The molecule has 1 aliphatic rings. The first-order chi connectivity index (χ1) is 8.68. The van der Waals surface area contributed by atoms with Crippen molar-refractivity contribution in [1.82, 2.24) is 9.88 Å². The van der Waals surface area contributed by atoms with Crippen LogP contribution in [0, 0.1) is 0 Å². The first kappa shape index (κ1) is 13.4. The van der Waals surface area contributed by atoms with E-state index in [-0.39, 0.29) is 0 Å². The van der Waals surface area contributed by atoms with Crippen molar-refractivity contribution in [2.75, 3.05) is 7.05 Å². The van der Waals surface area contributed by atoms with Gasteiger partial charge >= 0.3 is 0 Å². The Hall–Kier alpha value is -1.00. The highest BCUT2D eigenvalue weighted by Crippen LogP contribution is 2.23. The molecule has 1 fully saturated rings. The summed E-state index contributed by atoms with van der Waals surface area (Å²) in [6.07, 6.45) is 8.45. The Morgan fingerprint density at radius 2 is 2.17 bits per heavy atom. The third-order valence-electron chi connectivity index (χ3n) is 3.74. The number of thiocarbonyl (C=S) groups is 1. The maximum Gasteiger partial charge on any atom is 0.123 e. The minimum Gasteiger partial charge on any atom is -0.388 e. The van der Waals surface area contributed by atoms with Crippen LogP contribution in [0.4, 0.5) is 0 Å². The summed E-state index contributed by atoms with van der Waals surface area (Å²) in [7, 11) is 2.19. The van der Waals surface area contributed by atoms with Crippen LogP contribution in [-0.2, 0) is 6.54 Å². The van der Waals surface area contributed by atoms with Crippen molar-refractivity contribution < 1.29 is 0 Å². The van der Waals surface area contributed by atoms with E-state index in [4.69, 9.17) is 18.0 Å². The fraction of sp³-hybridized carbons (Fsp3) is 0.571. The zero-order valence-electron chi connectivity index (χ0n) is 10.9. The molecule has 0 saturated heterocycles. The number of hydrogen-bond acceptors (Lipinski definition) is 3. The summed E-state index contributed by atoms with van der Waals surface area (Å²) in [5, 5.41) is 0. The van der Waals surface area contributed by atoms with Crippen molar-refractivity contribution in [1.29, 1.82) is 0 Å². The van der Waals surface area contributed by atoms with E-state index < -0.39 is 0 Å². The van der Waals surface area contributed by atoms with Gasteiger partial charge in [0.05, 0.1) is 0 Å². The van der Waals surface area contributed by atoms with Gasteiger partial charge in [0.1, 0.15) is 10.7 Å². The summed E-state index contributed by atoms with van der Waals surface area (Å²) in [4.78, 5) is 7.09. The quantitative estimate of drug-likeness (QED) is 0.848. The van der Waals surface area contributed by atoms with Crippen LogP contribution in [0.5, 0.6) is 0 Å². The summed E-state index contributed by atoms with van der Waals surface area (Å²) < 4.78 is 0. The second-order valence-corrected chi connectivity index (χ2v) is 5.52. The summed E-state index contributed by atoms with van der Waals surface area (Å²) in [6, 6.07) is 4.71. The molecule has 0 aromatic carbocycles. The molecule has 0 radical (unpaired) electrons. The van der Waals surface area contributed by atoms with E-state index in [0.717, 1.165) is 17.8 Å². The molecule has 0 bridgehead atoms. The van der Waals surface area contributed by atoms with Gasteiger partial charge in [0.25, 0.3) is 0 Å². The highest BCUT2D eigenvalue weighted by Gasteiger charge is 2.19. The first-order valence-corrected chi connectivity index (χ1v) is 7.03. The van der Waals surface area contributed by atoms with Crippen molar-refractivity contribution in [3.05, 3.63) is 29.6 Å². The zero-order chi connectivity index (χ0) is 13.0. The average Bonchev–Trinajstić information content (AvgIpc) is 2.40. The molecule has 4 heteroatoms. The monoisotopic (exact) mass is 263 g/mol. The summed E-state index contributed by atoms with van der Waals surface area (Å²) in [5.41, 5.74) is 7.63. The summed E-state index contributed by atoms with van der Waals surface area (Å²) in [6.45, 7) is 0.880. The highest BCUT2D eigenvalue weighted by atomic mass is 32.1. The van der Waals surface area contributed by atoms with Crippen LogP contribution >= 0.6 is 12.2 Å². The lowest BCUT2D eigenvalue weighted by atomic mass is 9.94. The Kier molecular flexibility index (Phi) is 4.66. The Morgan fingerprint density at radius 3 is 2.83 bits per heavy atom. The molecule has 3 nitrogen and oxygen atoms in total. The fourth-order valence-electron chi connectivity index (χ4n) is 2.71. The molecular weight excluding hydrogens is 242 g/mol. The lowest BCUT2D eigenvalue weighted by molar-refractivity contribution is 0.184. The van der Waals surface area contributed by atoms with E-state index >= 15 is 0 Å². The molecule has 1 heterocycles. The van der Waals surface area contributed by atoms with Crippen LogP contribution in [0.15, 0.2) is 18.3 Å². The summed E-state index contributed by atoms with van der Waals surface area (Å²) in [5.74, 6) is 0. The Labute approximate surface area is 114 Å². The molecule has 98 valence electrons. The van der Waals surface area contributed by atoms with Crippen molar-refractivity contribution >= 4 is 17.2 Å². The van der Waals surface area contributed by atoms with Gasteiger partial charge in [-0.05, 0) is 31.5 Å². The third kappa shape index (κ3) is 3.27. The van der Waals surface area contributed by atoms with Crippen LogP contribution < -0.4 is 5.73 Å². The minimum atomic E-state index is 0.391. The fourth-order valence-corrected chi connectivity index (χ4v) is 2.89. The van der Waals surface area contributed by atoms with Crippen LogP contribution in [0.3, 0.4) is 0 Å². The van der Waals surface area contributed by atoms with E-state index in [0.29, 0.717) is 11.0 Å². The molecule has 1 aromatic rings.